The molecule has 0 bridgehead atoms. The molecule has 1 saturated carbocycles. The van der Waals surface area contributed by atoms with Gasteiger partial charge in [-0.15, -0.1) is 0 Å². The molecule has 0 spiro atoms. The molecule has 0 radical (unpaired) electrons. The molecule has 3 rings (SSSR count). The summed E-state index contributed by atoms with van der Waals surface area (Å²) in [7, 11) is 3.81. The molecule has 1 fully saturated rings. The van der Waals surface area contributed by atoms with Gasteiger partial charge in [0.2, 0.25) is 5.91 Å². The number of hydrogen-bond acceptors (Lipinski definition) is 3. The van der Waals surface area contributed by atoms with Crippen LogP contribution in [0.15, 0.2) is 18.2 Å². The molecule has 0 saturated heterocycles. The van der Waals surface area contributed by atoms with Gasteiger partial charge in [-0.1, -0.05) is 0 Å². The number of nitrogens with one attached hydrogen (secondary N) is 2. The lowest BCUT2D eigenvalue weighted by Gasteiger charge is -2.04. The minimum absolute atomic E-state index is 0.0415. The first-order valence-electron chi connectivity index (χ1n) is 6.60. The molecule has 5 heteroatoms. The van der Waals surface area contributed by atoms with Gasteiger partial charge in [0.1, 0.15) is 5.82 Å². The SMILES string of the molecule is CNCC(=O)Nc1ccc2c(c1)nc(C1CC1)n2C. The molecular weight excluding hydrogens is 240 g/mol. The number of hydrogen-bond donors (Lipinski definition) is 2. The predicted octanol–water partition coefficient (Wildman–Crippen LogP) is 1.61. The van der Waals surface area contributed by atoms with Gasteiger partial charge in [-0.05, 0) is 38.1 Å². The summed E-state index contributed by atoms with van der Waals surface area (Å²) in [4.78, 5) is 16.2. The zero-order chi connectivity index (χ0) is 13.4. The first-order valence-corrected chi connectivity index (χ1v) is 6.60. The van der Waals surface area contributed by atoms with Crippen LogP contribution in [0.4, 0.5) is 5.69 Å². The maximum Gasteiger partial charge on any atom is 0.238 e. The van der Waals surface area contributed by atoms with Gasteiger partial charge in [0, 0.05) is 18.7 Å². The van der Waals surface area contributed by atoms with Gasteiger partial charge in [-0.25, -0.2) is 4.98 Å². The van der Waals surface area contributed by atoms with Crippen molar-refractivity contribution in [3.8, 4) is 0 Å². The highest BCUT2D eigenvalue weighted by Gasteiger charge is 2.28. The van der Waals surface area contributed by atoms with Crippen LogP contribution in [0.25, 0.3) is 11.0 Å². The summed E-state index contributed by atoms with van der Waals surface area (Å²) in [5, 5.41) is 5.69. The van der Waals surface area contributed by atoms with Crippen molar-refractivity contribution < 1.29 is 4.79 Å². The topological polar surface area (TPSA) is 59.0 Å². The van der Waals surface area contributed by atoms with Crippen LogP contribution in [0, 0.1) is 0 Å². The van der Waals surface area contributed by atoms with E-state index >= 15 is 0 Å². The van der Waals surface area contributed by atoms with Crippen molar-refractivity contribution in [1.82, 2.24) is 14.9 Å². The van der Waals surface area contributed by atoms with E-state index < -0.39 is 0 Å². The number of carbonyl (C=O) groups is 1. The van der Waals surface area contributed by atoms with Gasteiger partial charge in [-0.3, -0.25) is 4.79 Å². The van der Waals surface area contributed by atoms with Crippen LogP contribution in [0.5, 0.6) is 0 Å². The maximum absolute atomic E-state index is 11.5. The van der Waals surface area contributed by atoms with E-state index in [1.165, 1.54) is 12.8 Å². The van der Waals surface area contributed by atoms with Crippen LogP contribution in [0.2, 0.25) is 0 Å². The molecule has 1 aromatic carbocycles. The summed E-state index contributed by atoms with van der Waals surface area (Å²) >= 11 is 0. The molecule has 0 atom stereocenters. The van der Waals surface area contributed by atoms with Crippen LogP contribution in [0.1, 0.15) is 24.6 Å². The highest BCUT2D eigenvalue weighted by molar-refractivity contribution is 5.94. The van der Waals surface area contributed by atoms with Gasteiger partial charge in [-0.2, -0.15) is 0 Å². The van der Waals surface area contributed by atoms with E-state index in [0.29, 0.717) is 12.5 Å². The Bertz CT molecular complexity index is 628. The lowest BCUT2D eigenvalue weighted by molar-refractivity contribution is -0.115. The van der Waals surface area contributed by atoms with Gasteiger partial charge in [0.15, 0.2) is 0 Å². The van der Waals surface area contributed by atoms with Crippen molar-refractivity contribution in [3.63, 3.8) is 0 Å². The number of carbonyl (C=O) groups excluding carboxylic acids is 1. The largest absolute Gasteiger partial charge is 0.331 e. The highest BCUT2D eigenvalue weighted by atomic mass is 16.1. The number of aryl methyl sites for hydroxylation is 1. The number of benzene rings is 1. The number of rotatable bonds is 4. The van der Waals surface area contributed by atoms with Gasteiger partial charge >= 0.3 is 0 Å². The minimum atomic E-state index is -0.0415. The fourth-order valence-corrected chi connectivity index (χ4v) is 2.37. The number of fused-ring (bicyclic) bond motifs is 1. The smallest absolute Gasteiger partial charge is 0.238 e. The predicted molar refractivity (Wildman–Crippen MR) is 75.2 cm³/mol. The molecule has 5 nitrogen and oxygen atoms in total. The number of imidazole rings is 1. The third kappa shape index (κ3) is 2.33. The Balaban J connectivity index is 1.90. The number of amides is 1. The highest BCUT2D eigenvalue weighted by Crippen LogP contribution is 2.40. The zero-order valence-electron chi connectivity index (χ0n) is 11.2. The van der Waals surface area contributed by atoms with E-state index in [-0.39, 0.29) is 5.91 Å². The Morgan fingerprint density at radius 1 is 1.47 bits per heavy atom. The molecule has 1 heterocycles. The first kappa shape index (κ1) is 12.2. The summed E-state index contributed by atoms with van der Waals surface area (Å²) in [6.07, 6.45) is 2.48. The first-order chi connectivity index (χ1) is 9.19. The van der Waals surface area contributed by atoms with E-state index in [2.05, 4.69) is 27.2 Å². The lowest BCUT2D eigenvalue weighted by atomic mass is 10.2. The second-order valence-corrected chi connectivity index (χ2v) is 5.09. The molecule has 100 valence electrons. The van der Waals surface area contributed by atoms with Crippen LogP contribution in [-0.4, -0.2) is 29.1 Å². The summed E-state index contributed by atoms with van der Waals surface area (Å²) in [5.41, 5.74) is 2.87. The summed E-state index contributed by atoms with van der Waals surface area (Å²) in [6, 6.07) is 5.88. The van der Waals surface area contributed by atoms with E-state index in [1.807, 2.05) is 18.2 Å². The van der Waals surface area contributed by atoms with Crippen molar-refractivity contribution in [2.24, 2.45) is 7.05 Å². The third-order valence-electron chi connectivity index (χ3n) is 3.48. The van der Waals surface area contributed by atoms with E-state index in [0.717, 1.165) is 22.5 Å². The zero-order valence-corrected chi connectivity index (χ0v) is 11.2. The van der Waals surface area contributed by atoms with E-state index in [1.54, 1.807) is 7.05 Å². The molecule has 2 N–H and O–H groups in total. The Labute approximate surface area is 112 Å². The molecule has 1 aliphatic carbocycles. The Morgan fingerprint density at radius 3 is 2.95 bits per heavy atom. The Kier molecular flexibility index (Phi) is 2.98. The van der Waals surface area contributed by atoms with E-state index in [4.69, 9.17) is 0 Å². The summed E-state index contributed by atoms with van der Waals surface area (Å²) < 4.78 is 2.16. The quantitative estimate of drug-likeness (QED) is 0.876. The number of likely N-dealkylation sites (N-methyl/N-ethyl adjacent to an activating group) is 1. The summed E-state index contributed by atoms with van der Waals surface area (Å²) in [6.45, 7) is 0.313. The van der Waals surface area contributed by atoms with Crippen LogP contribution < -0.4 is 10.6 Å². The van der Waals surface area contributed by atoms with E-state index in [9.17, 15) is 4.79 Å². The lowest BCUT2D eigenvalue weighted by Crippen LogP contribution is -2.24. The van der Waals surface area contributed by atoms with Crippen LogP contribution in [0.3, 0.4) is 0 Å². The fourth-order valence-electron chi connectivity index (χ4n) is 2.37. The number of anilines is 1. The van der Waals surface area contributed by atoms with Crippen molar-refractivity contribution in [2.75, 3.05) is 18.9 Å². The standard InChI is InChI=1S/C14H18N4O/c1-15-8-13(19)16-10-5-6-12-11(7-10)17-14(18(12)2)9-3-4-9/h5-7,9,15H,3-4,8H2,1-2H3,(H,16,19). The van der Waals surface area contributed by atoms with Crippen LogP contribution >= 0.6 is 0 Å². The molecule has 0 unspecified atom stereocenters. The fraction of sp³-hybridized carbons (Fsp3) is 0.429. The van der Waals surface area contributed by atoms with Crippen LogP contribution in [-0.2, 0) is 11.8 Å². The monoisotopic (exact) mass is 258 g/mol. The number of nitrogens with zero attached hydrogens (tertiary/aromatic N) is 2. The van der Waals surface area contributed by atoms with Crippen molar-refractivity contribution >= 4 is 22.6 Å². The van der Waals surface area contributed by atoms with Crippen molar-refractivity contribution in [3.05, 3.63) is 24.0 Å². The maximum atomic E-state index is 11.5. The molecule has 1 aliphatic rings. The molecule has 0 aliphatic heterocycles. The second-order valence-electron chi connectivity index (χ2n) is 5.09. The third-order valence-corrected chi connectivity index (χ3v) is 3.48. The summed E-state index contributed by atoms with van der Waals surface area (Å²) in [5.74, 6) is 1.74. The molecule has 1 aromatic heterocycles. The molecule has 2 aromatic rings. The minimum Gasteiger partial charge on any atom is -0.331 e. The average Bonchev–Trinajstić information content (AvgIpc) is 3.16. The number of aromatic nitrogens is 2. The molecular formula is C14H18N4O. The van der Waals surface area contributed by atoms with Gasteiger partial charge in [0.05, 0.1) is 17.6 Å². The normalized spacial score (nSPS) is 14.8. The second kappa shape index (κ2) is 4.66. The molecule has 19 heavy (non-hydrogen) atoms. The van der Waals surface area contributed by atoms with Crippen molar-refractivity contribution in [2.45, 2.75) is 18.8 Å². The van der Waals surface area contributed by atoms with Gasteiger partial charge in [0.25, 0.3) is 0 Å². The Morgan fingerprint density at radius 2 is 2.26 bits per heavy atom. The van der Waals surface area contributed by atoms with Crippen molar-refractivity contribution in [1.29, 1.82) is 0 Å². The molecule has 1 amide bonds. The van der Waals surface area contributed by atoms with Gasteiger partial charge < -0.3 is 15.2 Å². The Hall–Kier alpha value is -1.88. The average molecular weight is 258 g/mol.